The largest absolute Gasteiger partial charge is 0.352 e. The Morgan fingerprint density at radius 3 is 2.07 bits per heavy atom. The Morgan fingerprint density at radius 2 is 1.46 bits per heavy atom. The van der Waals surface area contributed by atoms with Gasteiger partial charge in [-0.3, -0.25) is 14.5 Å². The standard InChI is InChI=1S/C22H28N4O2/c27-21(24-14-18-7-3-1-4-8-18)13-20-16-23-11-12-26(20)17-22(28)25-15-19-9-5-2-6-10-19/h1-10,20,23H,11-17H2,(H,24,27)(H,25,28). The lowest BCUT2D eigenvalue weighted by atomic mass is 10.1. The van der Waals surface area contributed by atoms with Gasteiger partial charge in [0, 0.05) is 45.2 Å². The topological polar surface area (TPSA) is 73.5 Å². The fourth-order valence-corrected chi connectivity index (χ4v) is 3.33. The van der Waals surface area contributed by atoms with Crippen LogP contribution in [-0.4, -0.2) is 48.9 Å². The van der Waals surface area contributed by atoms with Crippen LogP contribution in [0.4, 0.5) is 0 Å². The average Bonchev–Trinajstić information content (AvgIpc) is 2.74. The Morgan fingerprint density at radius 1 is 0.893 bits per heavy atom. The number of carbonyl (C=O) groups is 2. The van der Waals surface area contributed by atoms with Crippen LogP contribution in [0.15, 0.2) is 60.7 Å². The maximum absolute atomic E-state index is 12.4. The van der Waals surface area contributed by atoms with E-state index in [1.54, 1.807) is 0 Å². The van der Waals surface area contributed by atoms with Crippen molar-refractivity contribution in [1.29, 1.82) is 0 Å². The zero-order chi connectivity index (χ0) is 19.6. The molecule has 1 saturated heterocycles. The summed E-state index contributed by atoms with van der Waals surface area (Å²) in [6.07, 6.45) is 0.381. The van der Waals surface area contributed by atoms with Crippen LogP contribution in [-0.2, 0) is 22.7 Å². The number of nitrogens with zero attached hydrogens (tertiary/aromatic N) is 1. The van der Waals surface area contributed by atoms with E-state index in [1.165, 1.54) is 0 Å². The molecule has 1 atom stereocenters. The summed E-state index contributed by atoms with van der Waals surface area (Å²) in [5, 5.41) is 9.26. The number of rotatable bonds is 8. The summed E-state index contributed by atoms with van der Waals surface area (Å²) in [7, 11) is 0. The van der Waals surface area contributed by atoms with Crippen LogP contribution in [0, 0.1) is 0 Å². The van der Waals surface area contributed by atoms with Crippen molar-refractivity contribution in [2.75, 3.05) is 26.2 Å². The van der Waals surface area contributed by atoms with Crippen LogP contribution in [0.3, 0.4) is 0 Å². The number of carbonyl (C=O) groups excluding carboxylic acids is 2. The van der Waals surface area contributed by atoms with Crippen LogP contribution in [0.25, 0.3) is 0 Å². The van der Waals surface area contributed by atoms with Crippen LogP contribution in [0.5, 0.6) is 0 Å². The zero-order valence-corrected chi connectivity index (χ0v) is 16.1. The predicted molar refractivity (Wildman–Crippen MR) is 109 cm³/mol. The van der Waals surface area contributed by atoms with Gasteiger partial charge in [0.25, 0.3) is 0 Å². The third-order valence-electron chi connectivity index (χ3n) is 4.90. The number of piperazine rings is 1. The van der Waals surface area contributed by atoms with Crippen LogP contribution < -0.4 is 16.0 Å². The highest BCUT2D eigenvalue weighted by Crippen LogP contribution is 2.08. The molecule has 0 saturated carbocycles. The molecule has 0 aromatic heterocycles. The second-order valence-corrected chi connectivity index (χ2v) is 7.06. The zero-order valence-electron chi connectivity index (χ0n) is 16.1. The molecule has 1 unspecified atom stereocenters. The lowest BCUT2D eigenvalue weighted by Gasteiger charge is -2.35. The minimum atomic E-state index is -0.0135. The Labute approximate surface area is 166 Å². The molecule has 0 spiro atoms. The molecule has 1 fully saturated rings. The molecule has 2 aromatic rings. The van der Waals surface area contributed by atoms with E-state index in [0.29, 0.717) is 32.6 Å². The van der Waals surface area contributed by atoms with Gasteiger partial charge in [0.2, 0.25) is 11.8 Å². The number of benzene rings is 2. The van der Waals surface area contributed by atoms with Gasteiger partial charge in [-0.2, -0.15) is 0 Å². The van der Waals surface area contributed by atoms with E-state index in [1.807, 2.05) is 60.7 Å². The van der Waals surface area contributed by atoms with Gasteiger partial charge in [-0.1, -0.05) is 60.7 Å². The first-order valence-corrected chi connectivity index (χ1v) is 9.77. The Bertz CT molecular complexity index is 686. The molecule has 1 aliphatic heterocycles. The Hall–Kier alpha value is -2.70. The van der Waals surface area contributed by atoms with Gasteiger partial charge >= 0.3 is 0 Å². The molecule has 3 rings (SSSR count). The van der Waals surface area contributed by atoms with Gasteiger partial charge in [0.1, 0.15) is 0 Å². The summed E-state index contributed by atoms with van der Waals surface area (Å²) < 4.78 is 0. The van der Waals surface area contributed by atoms with Crippen LogP contribution in [0.2, 0.25) is 0 Å². The highest BCUT2D eigenvalue weighted by atomic mass is 16.2. The Balaban J connectivity index is 1.45. The molecule has 0 bridgehead atoms. The van der Waals surface area contributed by atoms with Gasteiger partial charge < -0.3 is 16.0 Å². The molecule has 1 aliphatic rings. The molecule has 6 heteroatoms. The lowest BCUT2D eigenvalue weighted by Crippen LogP contribution is -2.55. The average molecular weight is 380 g/mol. The van der Waals surface area contributed by atoms with Crippen LogP contribution >= 0.6 is 0 Å². The second-order valence-electron chi connectivity index (χ2n) is 7.06. The molecular formula is C22H28N4O2. The minimum Gasteiger partial charge on any atom is -0.352 e. The maximum Gasteiger partial charge on any atom is 0.234 e. The van der Waals surface area contributed by atoms with Gasteiger partial charge in [0.15, 0.2) is 0 Å². The smallest absolute Gasteiger partial charge is 0.234 e. The molecular weight excluding hydrogens is 352 g/mol. The first-order chi connectivity index (χ1) is 13.7. The number of amides is 2. The third-order valence-corrected chi connectivity index (χ3v) is 4.90. The fourth-order valence-electron chi connectivity index (χ4n) is 3.33. The van der Waals surface area contributed by atoms with E-state index in [0.717, 1.165) is 24.2 Å². The predicted octanol–water partition coefficient (Wildman–Crippen LogP) is 1.28. The fraction of sp³-hybridized carbons (Fsp3) is 0.364. The quantitative estimate of drug-likeness (QED) is 0.645. The first-order valence-electron chi connectivity index (χ1n) is 9.77. The van der Waals surface area contributed by atoms with Gasteiger partial charge in [-0.15, -0.1) is 0 Å². The highest BCUT2D eigenvalue weighted by molar-refractivity contribution is 5.79. The third kappa shape index (κ3) is 6.48. The summed E-state index contributed by atoms with van der Waals surface area (Å²) in [5.74, 6) is -0.00677. The van der Waals surface area contributed by atoms with Crippen molar-refractivity contribution >= 4 is 11.8 Å². The van der Waals surface area contributed by atoms with Gasteiger partial charge in [-0.25, -0.2) is 0 Å². The Kier molecular flexibility index (Phi) is 7.58. The normalized spacial score (nSPS) is 17.1. The summed E-state index contributed by atoms with van der Waals surface area (Å²) in [5.41, 5.74) is 2.16. The molecule has 1 heterocycles. The number of hydrogen-bond donors (Lipinski definition) is 3. The summed E-state index contributed by atoms with van der Waals surface area (Å²) >= 11 is 0. The van der Waals surface area contributed by atoms with Crippen molar-refractivity contribution in [2.24, 2.45) is 0 Å². The maximum atomic E-state index is 12.4. The summed E-state index contributed by atoms with van der Waals surface area (Å²) in [6.45, 7) is 3.66. The van der Waals surface area contributed by atoms with Crippen molar-refractivity contribution in [3.63, 3.8) is 0 Å². The van der Waals surface area contributed by atoms with E-state index < -0.39 is 0 Å². The minimum absolute atomic E-state index is 0.00671. The summed E-state index contributed by atoms with van der Waals surface area (Å²) in [4.78, 5) is 26.8. The molecule has 2 aromatic carbocycles. The molecule has 3 N–H and O–H groups in total. The van der Waals surface area contributed by atoms with Crippen molar-refractivity contribution in [1.82, 2.24) is 20.9 Å². The van der Waals surface area contributed by atoms with E-state index in [9.17, 15) is 9.59 Å². The first kappa shape index (κ1) is 20.0. The van der Waals surface area contributed by atoms with E-state index in [4.69, 9.17) is 0 Å². The molecule has 6 nitrogen and oxygen atoms in total. The van der Waals surface area contributed by atoms with Gasteiger partial charge in [0.05, 0.1) is 6.54 Å². The molecule has 28 heavy (non-hydrogen) atoms. The van der Waals surface area contributed by atoms with Crippen molar-refractivity contribution in [3.8, 4) is 0 Å². The lowest BCUT2D eigenvalue weighted by molar-refractivity contribution is -0.126. The van der Waals surface area contributed by atoms with Crippen molar-refractivity contribution < 1.29 is 9.59 Å². The highest BCUT2D eigenvalue weighted by Gasteiger charge is 2.26. The SMILES string of the molecule is O=C(CC1CNCCN1CC(=O)NCc1ccccc1)NCc1ccccc1. The monoisotopic (exact) mass is 380 g/mol. The number of hydrogen-bond acceptors (Lipinski definition) is 4. The molecule has 0 aliphatic carbocycles. The van der Waals surface area contributed by atoms with E-state index in [2.05, 4.69) is 20.9 Å². The number of nitrogens with one attached hydrogen (secondary N) is 3. The molecule has 2 amide bonds. The summed E-state index contributed by atoms with van der Waals surface area (Å²) in [6, 6.07) is 19.7. The van der Waals surface area contributed by atoms with E-state index in [-0.39, 0.29) is 17.9 Å². The van der Waals surface area contributed by atoms with Crippen molar-refractivity contribution in [2.45, 2.75) is 25.6 Å². The van der Waals surface area contributed by atoms with Crippen LogP contribution in [0.1, 0.15) is 17.5 Å². The molecule has 148 valence electrons. The van der Waals surface area contributed by atoms with Crippen molar-refractivity contribution in [3.05, 3.63) is 71.8 Å². The second kappa shape index (κ2) is 10.6. The van der Waals surface area contributed by atoms with E-state index >= 15 is 0 Å². The molecule has 0 radical (unpaired) electrons. The van der Waals surface area contributed by atoms with Gasteiger partial charge in [-0.05, 0) is 11.1 Å².